The zero-order valence-corrected chi connectivity index (χ0v) is 12.1. The second-order valence-electron chi connectivity index (χ2n) is 4.56. The number of halogens is 1. The highest BCUT2D eigenvalue weighted by Gasteiger charge is 2.11. The number of aryl methyl sites for hydroxylation is 1. The first-order chi connectivity index (χ1) is 9.10. The van der Waals surface area contributed by atoms with Crippen LogP contribution >= 0.6 is 11.6 Å². The average molecular weight is 280 g/mol. The lowest BCUT2D eigenvalue weighted by Crippen LogP contribution is -2.23. The van der Waals surface area contributed by atoms with E-state index >= 15 is 0 Å². The van der Waals surface area contributed by atoms with Gasteiger partial charge in [0.1, 0.15) is 16.8 Å². The van der Waals surface area contributed by atoms with Gasteiger partial charge < -0.3 is 9.88 Å². The third-order valence-electron chi connectivity index (χ3n) is 2.88. The van der Waals surface area contributed by atoms with Crippen molar-refractivity contribution < 1.29 is 0 Å². The van der Waals surface area contributed by atoms with Crippen LogP contribution in [-0.2, 0) is 13.0 Å². The molecule has 0 saturated heterocycles. The fraction of sp³-hybridized carbons (Fsp3) is 0.462. The second kappa shape index (κ2) is 6.02. The van der Waals surface area contributed by atoms with E-state index in [1.165, 1.54) is 0 Å². The summed E-state index contributed by atoms with van der Waals surface area (Å²) in [5.74, 6) is 1.57. The number of nitrogens with zero attached hydrogens (tertiary/aromatic N) is 4. The molecule has 0 radical (unpaired) electrons. The van der Waals surface area contributed by atoms with E-state index in [4.69, 9.17) is 11.6 Å². The van der Waals surface area contributed by atoms with Gasteiger partial charge in [0.15, 0.2) is 0 Å². The molecule has 2 heterocycles. The van der Waals surface area contributed by atoms with E-state index in [0.29, 0.717) is 5.15 Å². The Bertz CT molecular complexity index is 538. The predicted molar refractivity (Wildman–Crippen MR) is 76.5 cm³/mol. The first-order valence-electron chi connectivity index (χ1n) is 6.35. The fourth-order valence-corrected chi connectivity index (χ4v) is 2.01. The van der Waals surface area contributed by atoms with Crippen molar-refractivity contribution in [3.05, 3.63) is 35.3 Å². The summed E-state index contributed by atoms with van der Waals surface area (Å²) in [4.78, 5) is 12.8. The first kappa shape index (κ1) is 13.8. The SMILES string of the molecule is CCc1nc(Cl)c(C)c(NC(C)Cn2ccnc2)n1. The van der Waals surface area contributed by atoms with Gasteiger partial charge in [0, 0.05) is 37.0 Å². The lowest BCUT2D eigenvalue weighted by Gasteiger charge is -2.17. The summed E-state index contributed by atoms with van der Waals surface area (Å²) in [5, 5.41) is 3.90. The maximum atomic E-state index is 6.12. The predicted octanol–water partition coefficient (Wildman–Crippen LogP) is 2.70. The van der Waals surface area contributed by atoms with Crippen LogP contribution in [0.4, 0.5) is 5.82 Å². The molecule has 0 aromatic carbocycles. The number of imidazole rings is 1. The number of hydrogen-bond donors (Lipinski definition) is 1. The zero-order valence-electron chi connectivity index (χ0n) is 11.4. The molecule has 2 rings (SSSR count). The Balaban J connectivity index is 2.11. The molecule has 19 heavy (non-hydrogen) atoms. The van der Waals surface area contributed by atoms with Crippen LogP contribution in [0.25, 0.3) is 0 Å². The van der Waals surface area contributed by atoms with Gasteiger partial charge >= 0.3 is 0 Å². The maximum Gasteiger partial charge on any atom is 0.137 e. The summed E-state index contributed by atoms with van der Waals surface area (Å²) in [6.07, 6.45) is 6.28. The summed E-state index contributed by atoms with van der Waals surface area (Å²) >= 11 is 6.12. The molecule has 1 N–H and O–H groups in total. The number of aromatic nitrogens is 4. The van der Waals surface area contributed by atoms with Crippen molar-refractivity contribution in [2.24, 2.45) is 0 Å². The molecular weight excluding hydrogens is 262 g/mol. The maximum absolute atomic E-state index is 6.12. The normalized spacial score (nSPS) is 12.4. The molecule has 5 nitrogen and oxygen atoms in total. The molecule has 6 heteroatoms. The van der Waals surface area contributed by atoms with Crippen LogP contribution in [0.1, 0.15) is 25.2 Å². The monoisotopic (exact) mass is 279 g/mol. The van der Waals surface area contributed by atoms with E-state index in [1.54, 1.807) is 12.5 Å². The van der Waals surface area contributed by atoms with Crippen molar-refractivity contribution in [3.63, 3.8) is 0 Å². The minimum Gasteiger partial charge on any atom is -0.365 e. The highest BCUT2D eigenvalue weighted by atomic mass is 35.5. The van der Waals surface area contributed by atoms with Gasteiger partial charge in [-0.05, 0) is 13.8 Å². The van der Waals surface area contributed by atoms with Crippen LogP contribution in [0.15, 0.2) is 18.7 Å². The Labute approximate surface area is 118 Å². The highest BCUT2D eigenvalue weighted by Crippen LogP contribution is 2.20. The van der Waals surface area contributed by atoms with Crippen LogP contribution in [0.2, 0.25) is 5.15 Å². The number of nitrogens with one attached hydrogen (secondary N) is 1. The minimum absolute atomic E-state index is 0.226. The third-order valence-corrected chi connectivity index (χ3v) is 3.24. The Hall–Kier alpha value is -1.62. The van der Waals surface area contributed by atoms with Crippen molar-refractivity contribution in [2.45, 2.75) is 39.8 Å². The first-order valence-corrected chi connectivity index (χ1v) is 6.73. The van der Waals surface area contributed by atoms with Crippen molar-refractivity contribution in [1.82, 2.24) is 19.5 Å². The van der Waals surface area contributed by atoms with Gasteiger partial charge in [0.05, 0.1) is 6.33 Å². The molecule has 1 unspecified atom stereocenters. The van der Waals surface area contributed by atoms with Crippen LogP contribution in [0.3, 0.4) is 0 Å². The average Bonchev–Trinajstić information content (AvgIpc) is 2.87. The molecule has 0 aliphatic heterocycles. The number of rotatable bonds is 5. The van der Waals surface area contributed by atoms with E-state index in [9.17, 15) is 0 Å². The Kier molecular flexibility index (Phi) is 4.37. The van der Waals surface area contributed by atoms with Crippen LogP contribution in [0, 0.1) is 6.92 Å². The molecular formula is C13H18ClN5. The lowest BCUT2D eigenvalue weighted by atomic mass is 10.2. The molecule has 1 atom stereocenters. The summed E-state index contributed by atoms with van der Waals surface area (Å²) in [7, 11) is 0. The Morgan fingerprint density at radius 1 is 1.42 bits per heavy atom. The molecule has 0 aliphatic carbocycles. The van der Waals surface area contributed by atoms with Gasteiger partial charge in [-0.15, -0.1) is 0 Å². The minimum atomic E-state index is 0.226. The van der Waals surface area contributed by atoms with E-state index in [2.05, 4.69) is 27.2 Å². The molecule has 102 valence electrons. The zero-order chi connectivity index (χ0) is 13.8. The highest BCUT2D eigenvalue weighted by molar-refractivity contribution is 6.30. The number of hydrogen-bond acceptors (Lipinski definition) is 4. The fourth-order valence-electron chi connectivity index (χ4n) is 1.82. The third kappa shape index (κ3) is 3.44. The summed E-state index contributed by atoms with van der Waals surface area (Å²) < 4.78 is 2.02. The standard InChI is InChI=1S/C13H18ClN5/c1-4-11-17-12(14)10(3)13(18-11)16-9(2)7-19-6-5-15-8-19/h5-6,8-9H,4,7H2,1-3H3,(H,16,17,18). The largest absolute Gasteiger partial charge is 0.365 e. The second-order valence-corrected chi connectivity index (χ2v) is 4.92. The Morgan fingerprint density at radius 2 is 2.21 bits per heavy atom. The molecule has 2 aromatic rings. The summed E-state index contributed by atoms with van der Waals surface area (Å²) in [6.45, 7) is 6.86. The molecule has 2 aromatic heterocycles. The topological polar surface area (TPSA) is 55.6 Å². The van der Waals surface area contributed by atoms with Crippen LogP contribution in [-0.4, -0.2) is 25.6 Å². The quantitative estimate of drug-likeness (QED) is 0.855. The van der Waals surface area contributed by atoms with E-state index in [1.807, 2.05) is 24.6 Å². The van der Waals surface area contributed by atoms with E-state index in [0.717, 1.165) is 30.2 Å². The summed E-state index contributed by atoms with van der Waals surface area (Å²) in [6, 6.07) is 0.226. The lowest BCUT2D eigenvalue weighted by molar-refractivity contribution is 0.616. The van der Waals surface area contributed by atoms with E-state index < -0.39 is 0 Å². The van der Waals surface area contributed by atoms with Gasteiger partial charge in [0.2, 0.25) is 0 Å². The smallest absolute Gasteiger partial charge is 0.137 e. The van der Waals surface area contributed by atoms with Crippen molar-refractivity contribution in [3.8, 4) is 0 Å². The molecule has 0 fully saturated rings. The van der Waals surface area contributed by atoms with Gasteiger partial charge in [-0.25, -0.2) is 15.0 Å². The molecule has 0 amide bonds. The van der Waals surface area contributed by atoms with Gasteiger partial charge in [0.25, 0.3) is 0 Å². The van der Waals surface area contributed by atoms with E-state index in [-0.39, 0.29) is 6.04 Å². The molecule has 0 spiro atoms. The van der Waals surface area contributed by atoms with Crippen molar-refractivity contribution >= 4 is 17.4 Å². The number of anilines is 1. The van der Waals surface area contributed by atoms with Gasteiger partial charge in [-0.1, -0.05) is 18.5 Å². The Morgan fingerprint density at radius 3 is 2.84 bits per heavy atom. The van der Waals surface area contributed by atoms with Crippen molar-refractivity contribution in [2.75, 3.05) is 5.32 Å². The molecule has 0 saturated carbocycles. The molecule has 0 aliphatic rings. The summed E-state index contributed by atoms with van der Waals surface area (Å²) in [5.41, 5.74) is 0.886. The van der Waals surface area contributed by atoms with Crippen molar-refractivity contribution in [1.29, 1.82) is 0 Å². The van der Waals surface area contributed by atoms with Crippen LogP contribution < -0.4 is 5.32 Å². The van der Waals surface area contributed by atoms with Gasteiger partial charge in [-0.2, -0.15) is 0 Å². The molecule has 0 bridgehead atoms. The van der Waals surface area contributed by atoms with Crippen LogP contribution in [0.5, 0.6) is 0 Å². The van der Waals surface area contributed by atoms with Gasteiger partial charge in [-0.3, -0.25) is 0 Å².